The SMILES string of the molecule is CC(C)(C)c1cc(COc2cc(COc3ccc(-c4c5c(nc6c4CCc4ccc(-c7cc(C(=O)O)cc(C(=O)O)c7)cc4-6)-c4cc(-c6cc(C(=O)O)cc(C(=O)O)c6)ccc4CC5)cc3)cc(OCc3cc(C(C)(C)C)cc(C(C)(C)C)c3)c2)cc(C(C)(C)C)c1. The van der Waals surface area contributed by atoms with Crippen molar-refractivity contribution in [1.29, 1.82) is 0 Å². The fraction of sp³-hybridized carbons (Fsp3) is 0.287. The van der Waals surface area contributed by atoms with Crippen LogP contribution in [0.4, 0.5) is 0 Å². The van der Waals surface area contributed by atoms with Crippen LogP contribution in [0.1, 0.15) is 186 Å². The van der Waals surface area contributed by atoms with Crippen molar-refractivity contribution in [2.75, 3.05) is 0 Å². The molecular weight excluding hydrogens is 1150 g/mol. The molecule has 8 aromatic carbocycles. The number of ether oxygens (including phenoxy) is 3. The Morgan fingerprint density at radius 2 is 0.674 bits per heavy atom. The number of hydrogen-bond acceptors (Lipinski definition) is 8. The predicted octanol–water partition coefficient (Wildman–Crippen LogP) is 18.3. The Labute approximate surface area is 538 Å². The summed E-state index contributed by atoms with van der Waals surface area (Å²) in [5.41, 5.74) is 18.4. The van der Waals surface area contributed by atoms with Gasteiger partial charge >= 0.3 is 23.9 Å². The van der Waals surface area contributed by atoms with E-state index in [9.17, 15) is 39.6 Å². The van der Waals surface area contributed by atoms with E-state index < -0.39 is 23.9 Å². The lowest BCUT2D eigenvalue weighted by atomic mass is 9.77. The quantitative estimate of drug-likeness (QED) is 0.0717. The normalized spacial score (nSPS) is 12.9. The Balaban J connectivity index is 0.972. The molecule has 12 nitrogen and oxygen atoms in total. The molecule has 0 amide bonds. The van der Waals surface area contributed by atoms with Crippen LogP contribution in [0, 0.1) is 0 Å². The van der Waals surface area contributed by atoms with Crippen LogP contribution in [0.2, 0.25) is 0 Å². The highest BCUT2D eigenvalue weighted by Crippen LogP contribution is 2.48. The van der Waals surface area contributed by atoms with E-state index in [0.717, 1.165) is 84.7 Å². The van der Waals surface area contributed by atoms with Gasteiger partial charge < -0.3 is 34.6 Å². The maximum absolute atomic E-state index is 12.3. The number of carboxylic acid groups (broad SMARTS) is 4. The van der Waals surface area contributed by atoms with Crippen molar-refractivity contribution < 1.29 is 53.8 Å². The molecule has 0 radical (unpaired) electrons. The molecule has 9 aromatic rings. The van der Waals surface area contributed by atoms with E-state index in [4.69, 9.17) is 19.2 Å². The first kappa shape index (κ1) is 63.7. The molecule has 2 aliphatic rings. The lowest BCUT2D eigenvalue weighted by molar-refractivity contribution is 0.0676. The number of carbonyl (C=O) groups is 4. The van der Waals surface area contributed by atoms with Crippen LogP contribution in [0.25, 0.3) is 55.9 Å². The van der Waals surface area contributed by atoms with Gasteiger partial charge in [-0.15, -0.1) is 0 Å². The molecule has 0 unspecified atom stereocenters. The molecule has 4 N–H and O–H groups in total. The Hall–Kier alpha value is -9.81. The van der Waals surface area contributed by atoms with Crippen molar-refractivity contribution in [3.8, 4) is 73.1 Å². The molecule has 0 fully saturated rings. The molecule has 0 spiro atoms. The molecule has 92 heavy (non-hydrogen) atoms. The van der Waals surface area contributed by atoms with E-state index in [0.29, 0.717) is 78.4 Å². The van der Waals surface area contributed by atoms with Crippen molar-refractivity contribution in [3.05, 3.63) is 235 Å². The molecule has 12 heteroatoms. The van der Waals surface area contributed by atoms with Gasteiger partial charge in [0.2, 0.25) is 0 Å². The summed E-state index contributed by atoms with van der Waals surface area (Å²) in [5, 5.41) is 40.1. The highest BCUT2D eigenvalue weighted by atomic mass is 16.5. The number of aromatic carboxylic acids is 4. The predicted molar refractivity (Wildman–Crippen MR) is 361 cm³/mol. The van der Waals surface area contributed by atoms with Gasteiger partial charge in [0.25, 0.3) is 0 Å². The number of hydrogen-bond donors (Lipinski definition) is 4. The van der Waals surface area contributed by atoms with Crippen molar-refractivity contribution in [2.45, 2.75) is 150 Å². The number of nitrogens with zero attached hydrogens (tertiary/aromatic N) is 1. The topological polar surface area (TPSA) is 190 Å². The molecule has 0 atom stereocenters. The zero-order valence-corrected chi connectivity index (χ0v) is 54.5. The zero-order valence-electron chi connectivity index (χ0n) is 54.5. The van der Waals surface area contributed by atoms with Gasteiger partial charge in [-0.2, -0.15) is 0 Å². The number of carboxylic acids is 4. The second-order valence-electron chi connectivity index (χ2n) is 28.7. The Kier molecular flexibility index (Phi) is 16.9. The average molecular weight is 1230 g/mol. The van der Waals surface area contributed by atoms with Gasteiger partial charge in [0.1, 0.15) is 37.1 Å². The van der Waals surface area contributed by atoms with Crippen LogP contribution in [-0.2, 0) is 67.2 Å². The summed E-state index contributed by atoms with van der Waals surface area (Å²) in [7, 11) is 0. The van der Waals surface area contributed by atoms with Crippen molar-refractivity contribution in [1.82, 2.24) is 4.98 Å². The molecular formula is C80H79NO11. The maximum atomic E-state index is 12.3. The summed E-state index contributed by atoms with van der Waals surface area (Å²) >= 11 is 0. The minimum absolute atomic E-state index is 0.0629. The number of fused-ring (bicyclic) bond motifs is 6. The molecule has 2 aliphatic carbocycles. The van der Waals surface area contributed by atoms with Crippen LogP contribution >= 0.6 is 0 Å². The second-order valence-corrected chi connectivity index (χ2v) is 28.7. The van der Waals surface area contributed by atoms with Crippen LogP contribution in [-0.4, -0.2) is 49.3 Å². The molecule has 0 saturated heterocycles. The highest BCUT2D eigenvalue weighted by Gasteiger charge is 2.31. The van der Waals surface area contributed by atoms with Gasteiger partial charge in [-0.25, -0.2) is 24.2 Å². The molecule has 11 rings (SSSR count). The van der Waals surface area contributed by atoms with Gasteiger partial charge in [-0.3, -0.25) is 0 Å². The fourth-order valence-electron chi connectivity index (χ4n) is 12.3. The third-order valence-corrected chi connectivity index (χ3v) is 17.7. The first-order chi connectivity index (χ1) is 43.3. The average Bonchev–Trinajstić information content (AvgIpc) is 0.728. The number of pyridine rings is 1. The van der Waals surface area contributed by atoms with Crippen molar-refractivity contribution in [3.63, 3.8) is 0 Å². The third-order valence-electron chi connectivity index (χ3n) is 17.7. The maximum Gasteiger partial charge on any atom is 0.335 e. The number of rotatable bonds is 16. The van der Waals surface area contributed by atoms with E-state index in [1.54, 1.807) is 0 Å². The summed E-state index contributed by atoms with van der Waals surface area (Å²) < 4.78 is 20.1. The summed E-state index contributed by atoms with van der Waals surface area (Å²) in [4.78, 5) is 54.7. The minimum atomic E-state index is -1.25. The Morgan fingerprint density at radius 3 is 1.01 bits per heavy atom. The van der Waals surface area contributed by atoms with Crippen LogP contribution in [0.5, 0.6) is 17.2 Å². The lowest BCUT2D eigenvalue weighted by Gasteiger charge is -2.29. The largest absolute Gasteiger partial charge is 0.489 e. The summed E-state index contributed by atoms with van der Waals surface area (Å²) in [6, 6.07) is 47.6. The Bertz CT molecular complexity index is 4070. The molecule has 0 saturated carbocycles. The van der Waals surface area contributed by atoms with Crippen LogP contribution < -0.4 is 14.2 Å². The number of benzene rings is 8. The third kappa shape index (κ3) is 13.8. The Morgan fingerprint density at radius 1 is 0.348 bits per heavy atom. The van der Waals surface area contributed by atoms with E-state index in [-0.39, 0.29) is 50.5 Å². The number of aromatic nitrogens is 1. The van der Waals surface area contributed by atoms with Gasteiger partial charge in [-0.05, 0) is 215 Å². The first-order valence-corrected chi connectivity index (χ1v) is 31.3. The summed E-state index contributed by atoms with van der Waals surface area (Å²) in [5.74, 6) is -3.04. The van der Waals surface area contributed by atoms with Gasteiger partial charge in [-0.1, -0.05) is 156 Å². The monoisotopic (exact) mass is 1230 g/mol. The summed E-state index contributed by atoms with van der Waals surface area (Å²) in [6.07, 6.45) is 2.66. The minimum Gasteiger partial charge on any atom is -0.489 e. The van der Waals surface area contributed by atoms with Crippen LogP contribution in [0.15, 0.2) is 152 Å². The van der Waals surface area contributed by atoms with E-state index >= 15 is 0 Å². The van der Waals surface area contributed by atoms with Crippen LogP contribution in [0.3, 0.4) is 0 Å². The molecule has 0 aliphatic heterocycles. The summed E-state index contributed by atoms with van der Waals surface area (Å²) in [6.45, 7) is 27.7. The zero-order chi connectivity index (χ0) is 65.9. The molecule has 1 aromatic heterocycles. The first-order valence-electron chi connectivity index (χ1n) is 31.3. The standard InChI is InChI=1S/C80H79NO11/c1-77(2,3)59-25-45(26-60(39-59)78(4,5)6)42-91-64-29-47(30-65(41-64)92-43-46-27-61(79(7,8)9)40-62(28-46)80(10,11)12)44-90-63-21-17-50(18-22-63)70-66-23-19-48-13-15-51(53-31-55(73(82)83)35-56(32-53)74(84)85)37-68(48)71(66)81-72-67(70)24-20-49-14-16-52(38-69(49)72)54-33-57(75(86)87)36-58(34-54)76(88)89/h13-18,21-22,25-41H,19-20,23-24,42-44H2,1-12H3,(H,82,83)(H,84,85)(H,86,87)(H,88,89). The molecule has 470 valence electrons. The van der Waals surface area contributed by atoms with E-state index in [1.165, 1.54) is 46.5 Å². The van der Waals surface area contributed by atoms with Gasteiger partial charge in [0, 0.05) is 17.2 Å². The highest BCUT2D eigenvalue weighted by molar-refractivity contribution is 5.98. The molecule has 1 heterocycles. The van der Waals surface area contributed by atoms with Gasteiger partial charge in [0.05, 0.1) is 33.6 Å². The van der Waals surface area contributed by atoms with Crippen molar-refractivity contribution >= 4 is 23.9 Å². The molecule has 0 bridgehead atoms. The van der Waals surface area contributed by atoms with Gasteiger partial charge in [0.15, 0.2) is 0 Å². The van der Waals surface area contributed by atoms with E-state index in [2.05, 4.69) is 132 Å². The smallest absolute Gasteiger partial charge is 0.335 e. The van der Waals surface area contributed by atoms with E-state index in [1.807, 2.05) is 66.7 Å². The van der Waals surface area contributed by atoms with Crippen molar-refractivity contribution in [2.24, 2.45) is 0 Å². The second kappa shape index (κ2) is 24.4. The number of aryl methyl sites for hydroxylation is 2. The lowest BCUT2D eigenvalue weighted by Crippen LogP contribution is -2.17. The fourth-order valence-corrected chi connectivity index (χ4v) is 12.3.